The number of hydrogen-bond donors (Lipinski definition) is 3. The zero-order valence-corrected chi connectivity index (χ0v) is 18.4. The van der Waals surface area contributed by atoms with Gasteiger partial charge >= 0.3 is 0 Å². The Morgan fingerprint density at radius 1 is 1.20 bits per heavy atom. The summed E-state index contributed by atoms with van der Waals surface area (Å²) in [5.74, 6) is 1.03. The van der Waals surface area contributed by atoms with Gasteiger partial charge in [0.05, 0.1) is 18.7 Å². The first kappa shape index (κ1) is 20.6. The number of benzene rings is 2. The fourth-order valence-electron chi connectivity index (χ4n) is 3.92. The minimum absolute atomic E-state index is 0.138. The molecule has 0 amide bonds. The number of ether oxygens (including phenoxy) is 1. The number of pyridine rings is 1. The van der Waals surface area contributed by atoms with Crippen LogP contribution >= 0.6 is 11.3 Å². The standard InChI is InChI=1S/C24H26N2O3S/c1-12-9-18(29-4)20(16-7-5-15(6-8-16)13(2)11-25)21-17-10-19(14(3)27)30-23(17)24(28)26-22(12)21/h5-10,13-14,27H,11,25H2,1-4H3,(H,26,28). The summed E-state index contributed by atoms with van der Waals surface area (Å²) in [4.78, 5) is 16.6. The van der Waals surface area contributed by atoms with Gasteiger partial charge in [0.2, 0.25) is 0 Å². The van der Waals surface area contributed by atoms with E-state index in [0.29, 0.717) is 11.2 Å². The van der Waals surface area contributed by atoms with E-state index < -0.39 is 6.10 Å². The maximum atomic E-state index is 12.8. The number of fused-ring (bicyclic) bond motifs is 3. The van der Waals surface area contributed by atoms with Gasteiger partial charge in [0, 0.05) is 21.2 Å². The summed E-state index contributed by atoms with van der Waals surface area (Å²) in [6.07, 6.45) is -0.635. The molecule has 2 atom stereocenters. The molecule has 0 radical (unpaired) electrons. The molecule has 4 aromatic rings. The summed E-state index contributed by atoms with van der Waals surface area (Å²) in [6.45, 7) is 6.37. The molecule has 4 N–H and O–H groups in total. The Labute approximate surface area is 179 Å². The van der Waals surface area contributed by atoms with Gasteiger partial charge in [-0.1, -0.05) is 31.2 Å². The Balaban J connectivity index is 2.10. The highest BCUT2D eigenvalue weighted by Gasteiger charge is 2.20. The first-order valence-electron chi connectivity index (χ1n) is 10.0. The Kier molecular flexibility index (Phi) is 5.40. The van der Waals surface area contributed by atoms with Crippen molar-refractivity contribution in [2.75, 3.05) is 13.7 Å². The summed E-state index contributed by atoms with van der Waals surface area (Å²) >= 11 is 1.33. The largest absolute Gasteiger partial charge is 0.496 e. The number of aryl methyl sites for hydroxylation is 1. The van der Waals surface area contributed by atoms with Crippen molar-refractivity contribution in [1.82, 2.24) is 4.98 Å². The molecule has 156 valence electrons. The lowest BCUT2D eigenvalue weighted by Crippen LogP contribution is -2.08. The van der Waals surface area contributed by atoms with Gasteiger partial charge in [-0.2, -0.15) is 0 Å². The summed E-state index contributed by atoms with van der Waals surface area (Å²) in [5, 5.41) is 11.9. The zero-order valence-electron chi connectivity index (χ0n) is 17.6. The van der Waals surface area contributed by atoms with Gasteiger partial charge in [0.1, 0.15) is 10.4 Å². The van der Waals surface area contributed by atoms with Crippen LogP contribution in [0.25, 0.3) is 32.1 Å². The Morgan fingerprint density at radius 2 is 1.90 bits per heavy atom. The lowest BCUT2D eigenvalue weighted by molar-refractivity contribution is 0.203. The van der Waals surface area contributed by atoms with E-state index in [9.17, 15) is 9.90 Å². The highest BCUT2D eigenvalue weighted by Crippen LogP contribution is 2.43. The Bertz CT molecular complexity index is 1290. The molecule has 2 heterocycles. The average Bonchev–Trinajstić information content (AvgIpc) is 3.20. The number of aliphatic hydroxyl groups is 1. The molecule has 4 rings (SSSR count). The van der Waals surface area contributed by atoms with E-state index in [0.717, 1.165) is 43.6 Å². The van der Waals surface area contributed by atoms with Crippen LogP contribution in [0.15, 0.2) is 41.2 Å². The molecule has 0 bridgehead atoms. The fraction of sp³-hybridized carbons (Fsp3) is 0.292. The predicted octanol–water partition coefficient (Wildman–Crippen LogP) is 4.84. The molecule has 0 saturated heterocycles. The Hall–Kier alpha value is -2.67. The quantitative estimate of drug-likeness (QED) is 0.429. The number of nitrogens with one attached hydrogen (secondary N) is 1. The second-order valence-corrected chi connectivity index (χ2v) is 8.88. The summed E-state index contributed by atoms with van der Waals surface area (Å²) in [5.41, 5.74) is 10.5. The summed E-state index contributed by atoms with van der Waals surface area (Å²) < 4.78 is 6.37. The maximum Gasteiger partial charge on any atom is 0.266 e. The molecule has 0 spiro atoms. The van der Waals surface area contributed by atoms with E-state index in [1.165, 1.54) is 16.9 Å². The molecule has 2 aromatic heterocycles. The molecule has 0 fully saturated rings. The van der Waals surface area contributed by atoms with Crippen LogP contribution in [0.5, 0.6) is 5.75 Å². The third kappa shape index (κ3) is 3.31. The minimum Gasteiger partial charge on any atom is -0.496 e. The number of aromatic nitrogens is 1. The molecule has 0 aliphatic carbocycles. The third-order valence-electron chi connectivity index (χ3n) is 5.71. The van der Waals surface area contributed by atoms with E-state index in [2.05, 4.69) is 36.2 Å². The molecular formula is C24H26N2O3S. The first-order valence-corrected chi connectivity index (χ1v) is 10.8. The zero-order chi connectivity index (χ0) is 21.6. The number of hydrogen-bond acceptors (Lipinski definition) is 5. The highest BCUT2D eigenvalue weighted by molar-refractivity contribution is 7.19. The van der Waals surface area contributed by atoms with Gasteiger partial charge in [-0.15, -0.1) is 11.3 Å². The number of H-pyrrole nitrogens is 1. The summed E-state index contributed by atoms with van der Waals surface area (Å²) in [6, 6.07) is 12.2. The van der Waals surface area contributed by atoms with Gasteiger partial charge in [-0.05, 0) is 55.1 Å². The van der Waals surface area contributed by atoms with Crippen LogP contribution in [0.4, 0.5) is 0 Å². The van der Waals surface area contributed by atoms with Crippen molar-refractivity contribution < 1.29 is 9.84 Å². The van der Waals surface area contributed by atoms with Gasteiger partial charge in [0.25, 0.3) is 5.56 Å². The topological polar surface area (TPSA) is 88.3 Å². The lowest BCUT2D eigenvalue weighted by atomic mass is 9.92. The molecule has 5 nitrogen and oxygen atoms in total. The van der Waals surface area contributed by atoms with Crippen LogP contribution in [-0.4, -0.2) is 23.7 Å². The van der Waals surface area contributed by atoms with Crippen molar-refractivity contribution in [3.05, 3.63) is 62.8 Å². The maximum absolute atomic E-state index is 12.8. The van der Waals surface area contributed by atoms with Crippen molar-refractivity contribution in [1.29, 1.82) is 0 Å². The molecule has 6 heteroatoms. The van der Waals surface area contributed by atoms with Crippen LogP contribution in [0, 0.1) is 6.92 Å². The molecule has 2 aromatic carbocycles. The first-order chi connectivity index (χ1) is 14.3. The van der Waals surface area contributed by atoms with E-state index in [-0.39, 0.29) is 11.5 Å². The van der Waals surface area contributed by atoms with Gasteiger partial charge in [-0.25, -0.2) is 0 Å². The third-order valence-corrected chi connectivity index (χ3v) is 7.01. The van der Waals surface area contributed by atoms with Gasteiger partial charge < -0.3 is 20.6 Å². The van der Waals surface area contributed by atoms with E-state index in [1.54, 1.807) is 14.0 Å². The second kappa shape index (κ2) is 7.87. The summed E-state index contributed by atoms with van der Waals surface area (Å²) in [7, 11) is 1.66. The van der Waals surface area contributed by atoms with Crippen LogP contribution in [0.1, 0.15) is 41.9 Å². The van der Waals surface area contributed by atoms with Crippen molar-refractivity contribution in [3.8, 4) is 16.9 Å². The van der Waals surface area contributed by atoms with E-state index in [1.807, 2.05) is 19.1 Å². The number of aliphatic hydroxyl groups excluding tert-OH is 1. The number of thiophene rings is 1. The van der Waals surface area contributed by atoms with E-state index >= 15 is 0 Å². The fourth-order valence-corrected chi connectivity index (χ4v) is 4.92. The Morgan fingerprint density at radius 3 is 2.50 bits per heavy atom. The predicted molar refractivity (Wildman–Crippen MR) is 125 cm³/mol. The van der Waals surface area contributed by atoms with E-state index in [4.69, 9.17) is 10.5 Å². The number of aromatic amines is 1. The number of nitrogens with two attached hydrogens (primary N) is 1. The molecule has 0 aliphatic rings. The normalized spacial score (nSPS) is 13.7. The molecular weight excluding hydrogens is 396 g/mol. The molecule has 2 unspecified atom stereocenters. The second-order valence-electron chi connectivity index (χ2n) is 7.80. The lowest BCUT2D eigenvalue weighted by Gasteiger charge is -2.16. The van der Waals surface area contributed by atoms with Crippen LogP contribution < -0.4 is 16.0 Å². The minimum atomic E-state index is -0.635. The van der Waals surface area contributed by atoms with Crippen molar-refractivity contribution in [2.24, 2.45) is 5.73 Å². The van der Waals surface area contributed by atoms with Crippen molar-refractivity contribution in [3.63, 3.8) is 0 Å². The van der Waals surface area contributed by atoms with Gasteiger partial charge in [0.15, 0.2) is 0 Å². The molecule has 30 heavy (non-hydrogen) atoms. The van der Waals surface area contributed by atoms with Crippen molar-refractivity contribution >= 4 is 32.3 Å². The van der Waals surface area contributed by atoms with Crippen LogP contribution in [0.2, 0.25) is 0 Å². The van der Waals surface area contributed by atoms with Crippen LogP contribution in [-0.2, 0) is 0 Å². The van der Waals surface area contributed by atoms with Crippen molar-refractivity contribution in [2.45, 2.75) is 32.8 Å². The smallest absolute Gasteiger partial charge is 0.266 e. The number of rotatable bonds is 5. The molecule has 0 saturated carbocycles. The monoisotopic (exact) mass is 422 g/mol. The average molecular weight is 423 g/mol. The highest BCUT2D eigenvalue weighted by atomic mass is 32.1. The van der Waals surface area contributed by atoms with Crippen LogP contribution in [0.3, 0.4) is 0 Å². The number of methoxy groups -OCH3 is 1. The SMILES string of the molecule is COc1cc(C)c2[nH]c(=O)c3sc(C(C)O)cc3c2c1-c1ccc(C(C)CN)cc1. The van der Waals surface area contributed by atoms with Gasteiger partial charge in [-0.3, -0.25) is 4.79 Å². The molecule has 0 aliphatic heterocycles.